The first kappa shape index (κ1) is 23.5. The van der Waals surface area contributed by atoms with Crippen LogP contribution in [0.1, 0.15) is 28.2 Å². The van der Waals surface area contributed by atoms with Gasteiger partial charge in [-0.1, -0.05) is 18.2 Å². The number of para-hydroxylation sites is 1. The molecule has 0 spiro atoms. The lowest BCUT2D eigenvalue weighted by atomic mass is 9.98. The second-order valence-electron chi connectivity index (χ2n) is 8.69. The van der Waals surface area contributed by atoms with E-state index in [-0.39, 0.29) is 22.8 Å². The van der Waals surface area contributed by atoms with Gasteiger partial charge in [0.15, 0.2) is 5.54 Å². The van der Waals surface area contributed by atoms with Crippen LogP contribution in [0.25, 0.3) is 0 Å². The van der Waals surface area contributed by atoms with Crippen molar-refractivity contribution < 1.29 is 22.8 Å². The maximum Gasteiger partial charge on any atom is 0.322 e. The predicted octanol–water partition coefficient (Wildman–Crippen LogP) is 1.03. The van der Waals surface area contributed by atoms with Crippen molar-refractivity contribution in [2.75, 3.05) is 17.4 Å². The van der Waals surface area contributed by atoms with Crippen LogP contribution in [0.2, 0.25) is 0 Å². The van der Waals surface area contributed by atoms with Crippen molar-refractivity contribution in [2.24, 2.45) is 7.05 Å². The molecule has 1 unspecified atom stereocenters. The van der Waals surface area contributed by atoms with E-state index in [1.807, 2.05) is 18.2 Å². The molecule has 2 aliphatic heterocycles. The molecule has 0 bridgehead atoms. The Kier molecular flexibility index (Phi) is 5.75. The first-order valence-electron chi connectivity index (χ1n) is 11.3. The number of imide groups is 1. The lowest BCUT2D eigenvalue weighted by Gasteiger charge is -2.30. The number of anilines is 1. The molecule has 5 rings (SSSR count). The summed E-state index contributed by atoms with van der Waals surface area (Å²) < 4.78 is 29.6. The van der Waals surface area contributed by atoms with E-state index in [2.05, 4.69) is 20.9 Å². The summed E-state index contributed by atoms with van der Waals surface area (Å²) in [6.45, 7) is 0.128. The number of rotatable bonds is 6. The Morgan fingerprint density at radius 1 is 1.14 bits per heavy atom. The van der Waals surface area contributed by atoms with Gasteiger partial charge in [-0.2, -0.15) is 0 Å². The molecule has 1 aromatic heterocycles. The van der Waals surface area contributed by atoms with Crippen LogP contribution in [0.4, 0.5) is 10.5 Å². The third-order valence-corrected chi connectivity index (χ3v) is 8.26. The van der Waals surface area contributed by atoms with Crippen molar-refractivity contribution in [1.29, 1.82) is 0 Å². The van der Waals surface area contributed by atoms with E-state index in [0.29, 0.717) is 12.2 Å². The van der Waals surface area contributed by atoms with E-state index in [1.165, 1.54) is 34.8 Å². The van der Waals surface area contributed by atoms with Gasteiger partial charge in [0.1, 0.15) is 5.82 Å². The number of fused-ring (bicyclic) bond motifs is 1. The molecule has 1 atom stereocenters. The predicted molar refractivity (Wildman–Crippen MR) is 130 cm³/mol. The van der Waals surface area contributed by atoms with Crippen LogP contribution in [-0.2, 0) is 33.8 Å². The highest BCUT2D eigenvalue weighted by atomic mass is 32.2. The minimum absolute atomic E-state index is 0.0719. The fraction of sp³-hybridized carbons (Fsp3) is 0.250. The van der Waals surface area contributed by atoms with Crippen LogP contribution in [0.5, 0.6) is 0 Å². The number of nitrogens with zero attached hydrogens (tertiary/aromatic N) is 3. The molecule has 186 valence electrons. The molecule has 3 heterocycles. The quantitative estimate of drug-likeness (QED) is 0.425. The van der Waals surface area contributed by atoms with Crippen molar-refractivity contribution in [1.82, 2.24) is 25.5 Å². The zero-order chi connectivity index (χ0) is 25.5. The number of sulfonamides is 1. The Morgan fingerprint density at radius 2 is 1.89 bits per heavy atom. The number of hydrogen-bond acceptors (Lipinski definition) is 6. The Morgan fingerprint density at radius 3 is 2.56 bits per heavy atom. The maximum atomic E-state index is 13.3. The van der Waals surface area contributed by atoms with Gasteiger partial charge in [-0.15, -0.1) is 0 Å². The van der Waals surface area contributed by atoms with E-state index < -0.39 is 33.4 Å². The largest absolute Gasteiger partial charge is 0.349 e. The SMILES string of the molecule is Cn1ccnc1C1(CNC(=O)c2ccc(S(=O)(=O)N3CCCc4ccccc43)cc2)NC(=O)NC1=O. The average Bonchev–Trinajstić information content (AvgIpc) is 3.44. The molecule has 0 saturated carbocycles. The number of carbonyl (C=O) groups excluding carboxylic acids is 3. The molecule has 3 N–H and O–H groups in total. The molecule has 2 aromatic carbocycles. The van der Waals surface area contributed by atoms with Gasteiger partial charge in [-0.3, -0.25) is 19.2 Å². The summed E-state index contributed by atoms with van der Waals surface area (Å²) in [7, 11) is -2.14. The highest BCUT2D eigenvalue weighted by Gasteiger charge is 2.50. The van der Waals surface area contributed by atoms with Gasteiger partial charge in [0, 0.05) is 31.5 Å². The third kappa shape index (κ3) is 3.88. The van der Waals surface area contributed by atoms with Gasteiger partial charge >= 0.3 is 6.03 Å². The zero-order valence-electron chi connectivity index (χ0n) is 19.4. The number of aromatic nitrogens is 2. The van der Waals surface area contributed by atoms with E-state index in [4.69, 9.17) is 0 Å². The Bertz CT molecular complexity index is 1470. The van der Waals surface area contributed by atoms with Crippen LogP contribution in [0, 0.1) is 0 Å². The summed E-state index contributed by atoms with van der Waals surface area (Å²) >= 11 is 0. The second kappa shape index (κ2) is 8.79. The number of imidazole rings is 1. The lowest BCUT2D eigenvalue weighted by Crippen LogP contribution is -2.54. The fourth-order valence-electron chi connectivity index (χ4n) is 4.60. The molecule has 2 aliphatic rings. The molecule has 11 nitrogen and oxygen atoms in total. The topological polar surface area (TPSA) is 142 Å². The summed E-state index contributed by atoms with van der Waals surface area (Å²) in [4.78, 5) is 41.6. The standard InChI is InChI=1S/C24H24N6O5S/c1-29-14-12-25-21(29)24(22(32)27-23(33)28-24)15-26-20(31)17-8-10-18(11-9-17)36(34,35)30-13-4-6-16-5-2-3-7-19(16)30/h2-3,5,7-12,14H,4,6,13,15H2,1H3,(H,26,31)(H2,27,28,32,33). The number of aryl methyl sites for hydroxylation is 2. The van der Waals surface area contributed by atoms with Gasteiger partial charge < -0.3 is 15.2 Å². The molecule has 3 aromatic rings. The number of amides is 4. The number of benzene rings is 2. The zero-order valence-corrected chi connectivity index (χ0v) is 20.2. The summed E-state index contributed by atoms with van der Waals surface area (Å²) in [6.07, 6.45) is 4.64. The summed E-state index contributed by atoms with van der Waals surface area (Å²) in [5.41, 5.74) is 0.276. The fourth-order valence-corrected chi connectivity index (χ4v) is 6.14. The van der Waals surface area contributed by atoms with Gasteiger partial charge in [-0.05, 0) is 48.7 Å². The lowest BCUT2D eigenvalue weighted by molar-refractivity contribution is -0.124. The minimum atomic E-state index is -3.81. The third-order valence-electron chi connectivity index (χ3n) is 6.43. The molecule has 36 heavy (non-hydrogen) atoms. The van der Waals surface area contributed by atoms with Crippen LogP contribution in [0.15, 0.2) is 65.8 Å². The van der Waals surface area contributed by atoms with Crippen LogP contribution >= 0.6 is 0 Å². The van der Waals surface area contributed by atoms with Crippen molar-refractivity contribution in [3.63, 3.8) is 0 Å². The monoisotopic (exact) mass is 508 g/mol. The number of nitrogens with one attached hydrogen (secondary N) is 3. The van der Waals surface area contributed by atoms with E-state index in [0.717, 1.165) is 18.4 Å². The van der Waals surface area contributed by atoms with Crippen LogP contribution < -0.4 is 20.3 Å². The van der Waals surface area contributed by atoms with Gasteiger partial charge in [0.25, 0.3) is 21.8 Å². The second-order valence-corrected chi connectivity index (χ2v) is 10.6. The van der Waals surface area contributed by atoms with Crippen molar-refractivity contribution in [3.8, 4) is 0 Å². The summed E-state index contributed by atoms with van der Waals surface area (Å²) in [5, 5.41) is 7.40. The van der Waals surface area contributed by atoms with E-state index in [1.54, 1.807) is 23.9 Å². The number of urea groups is 1. The summed E-state index contributed by atoms with van der Waals surface area (Å²) in [6, 6.07) is 12.3. The molecule has 1 saturated heterocycles. The summed E-state index contributed by atoms with van der Waals surface area (Å²) in [5.74, 6) is -0.912. The Labute approximate surface area is 207 Å². The number of hydrogen-bond donors (Lipinski definition) is 3. The molecule has 0 radical (unpaired) electrons. The van der Waals surface area contributed by atoms with Gasteiger partial charge in [-0.25, -0.2) is 18.2 Å². The molecular weight excluding hydrogens is 484 g/mol. The molecule has 1 fully saturated rings. The molecule has 12 heteroatoms. The average molecular weight is 509 g/mol. The van der Waals surface area contributed by atoms with E-state index >= 15 is 0 Å². The van der Waals surface area contributed by atoms with E-state index in [9.17, 15) is 22.8 Å². The first-order chi connectivity index (χ1) is 17.2. The Hall–Kier alpha value is -4.19. The normalized spacial score (nSPS) is 19.4. The highest BCUT2D eigenvalue weighted by Crippen LogP contribution is 2.32. The smallest absolute Gasteiger partial charge is 0.322 e. The molecule has 4 amide bonds. The highest BCUT2D eigenvalue weighted by molar-refractivity contribution is 7.92. The molecule has 0 aliphatic carbocycles. The minimum Gasteiger partial charge on any atom is -0.349 e. The van der Waals surface area contributed by atoms with Crippen LogP contribution in [-0.4, -0.2) is 48.9 Å². The van der Waals surface area contributed by atoms with Crippen molar-refractivity contribution in [3.05, 3.63) is 77.9 Å². The van der Waals surface area contributed by atoms with Crippen molar-refractivity contribution in [2.45, 2.75) is 23.3 Å². The van der Waals surface area contributed by atoms with Gasteiger partial charge in [0.05, 0.1) is 17.1 Å². The maximum absolute atomic E-state index is 13.3. The molecular formula is C24H24N6O5S. The van der Waals surface area contributed by atoms with Crippen molar-refractivity contribution >= 4 is 33.6 Å². The number of carbonyl (C=O) groups is 3. The Balaban J connectivity index is 1.34. The first-order valence-corrected chi connectivity index (χ1v) is 12.8. The van der Waals surface area contributed by atoms with Crippen LogP contribution in [0.3, 0.4) is 0 Å². The van der Waals surface area contributed by atoms with Gasteiger partial charge in [0.2, 0.25) is 0 Å².